The average Bonchev–Trinajstić information content (AvgIpc) is 2.40. The lowest BCUT2D eigenvalue weighted by Crippen LogP contribution is -2.38. The molecular weight excluding hydrogens is 336 g/mol. The summed E-state index contributed by atoms with van der Waals surface area (Å²) in [6.45, 7) is 8.33. The van der Waals surface area contributed by atoms with Gasteiger partial charge in [0, 0.05) is 24.1 Å². The lowest BCUT2D eigenvalue weighted by atomic mass is 9.93. The van der Waals surface area contributed by atoms with Crippen LogP contribution in [0.25, 0.3) is 0 Å². The highest BCUT2D eigenvalue weighted by atomic mass is 79.9. The second-order valence-electron chi connectivity index (χ2n) is 6.04. The summed E-state index contributed by atoms with van der Waals surface area (Å²) < 4.78 is 1.23. The van der Waals surface area contributed by atoms with Gasteiger partial charge in [-0.3, -0.25) is 4.90 Å². The minimum atomic E-state index is 0. The van der Waals surface area contributed by atoms with Gasteiger partial charge in [-0.2, -0.15) is 0 Å². The van der Waals surface area contributed by atoms with E-state index in [4.69, 9.17) is 0 Å². The van der Waals surface area contributed by atoms with E-state index in [9.17, 15) is 0 Å². The van der Waals surface area contributed by atoms with Gasteiger partial charge in [-0.15, -0.1) is 12.4 Å². The molecule has 2 heterocycles. The molecule has 0 bridgehead atoms. The summed E-state index contributed by atoms with van der Waals surface area (Å²) >= 11 is 3.62. The van der Waals surface area contributed by atoms with Crippen LogP contribution in [0.3, 0.4) is 0 Å². The Morgan fingerprint density at radius 3 is 2.80 bits per heavy atom. The maximum atomic E-state index is 3.62. The molecule has 1 aromatic rings. The minimum absolute atomic E-state index is 0. The van der Waals surface area contributed by atoms with Crippen molar-refractivity contribution in [2.24, 2.45) is 5.92 Å². The summed E-state index contributed by atoms with van der Waals surface area (Å²) in [5.74, 6) is 0.901. The monoisotopic (exact) mass is 358 g/mol. The zero-order valence-corrected chi connectivity index (χ0v) is 14.5. The fraction of sp³-hybridized carbons (Fsp3) is 0.625. The Hall–Kier alpha value is -0.0900. The van der Waals surface area contributed by atoms with Crippen molar-refractivity contribution in [3.8, 4) is 0 Å². The fourth-order valence-corrected chi connectivity index (χ4v) is 4.08. The van der Waals surface area contributed by atoms with Gasteiger partial charge in [-0.25, -0.2) is 0 Å². The third-order valence-electron chi connectivity index (χ3n) is 4.58. The Balaban J connectivity index is 0.00000147. The van der Waals surface area contributed by atoms with Crippen LogP contribution in [0.5, 0.6) is 0 Å². The maximum absolute atomic E-state index is 3.62. The van der Waals surface area contributed by atoms with Gasteiger partial charge in [0.05, 0.1) is 0 Å². The standard InChI is InChI=1S/C16H23BrN2.ClH/c1-12-8-15(17)9-14-4-7-19(11-16(12)14)10-13-2-5-18-6-3-13;/h8-9,13,18H,2-7,10-11H2,1H3;1H. The molecule has 4 heteroatoms. The summed E-state index contributed by atoms with van der Waals surface area (Å²) in [5, 5.41) is 3.46. The van der Waals surface area contributed by atoms with E-state index >= 15 is 0 Å². The second kappa shape index (κ2) is 7.26. The van der Waals surface area contributed by atoms with E-state index in [0.717, 1.165) is 12.5 Å². The van der Waals surface area contributed by atoms with Crippen molar-refractivity contribution in [3.63, 3.8) is 0 Å². The minimum Gasteiger partial charge on any atom is -0.317 e. The molecule has 2 aliphatic heterocycles. The highest BCUT2D eigenvalue weighted by Crippen LogP contribution is 2.27. The van der Waals surface area contributed by atoms with Gasteiger partial charge < -0.3 is 5.32 Å². The van der Waals surface area contributed by atoms with Crippen LogP contribution in [0, 0.1) is 12.8 Å². The molecule has 0 aromatic heterocycles. The van der Waals surface area contributed by atoms with E-state index in [1.54, 1.807) is 11.1 Å². The predicted molar refractivity (Wildman–Crippen MR) is 90.7 cm³/mol. The number of hydrogen-bond acceptors (Lipinski definition) is 2. The molecule has 0 aliphatic carbocycles. The van der Waals surface area contributed by atoms with Crippen LogP contribution in [-0.2, 0) is 13.0 Å². The quantitative estimate of drug-likeness (QED) is 0.869. The fourth-order valence-electron chi connectivity index (χ4n) is 3.46. The predicted octanol–water partition coefficient (Wildman–Crippen LogP) is 3.54. The molecule has 0 unspecified atom stereocenters. The highest BCUT2D eigenvalue weighted by molar-refractivity contribution is 9.10. The van der Waals surface area contributed by atoms with E-state index < -0.39 is 0 Å². The lowest BCUT2D eigenvalue weighted by Gasteiger charge is -2.34. The third kappa shape index (κ3) is 3.76. The number of rotatable bonds is 2. The first-order valence-electron chi connectivity index (χ1n) is 7.43. The van der Waals surface area contributed by atoms with Crippen molar-refractivity contribution in [3.05, 3.63) is 33.3 Å². The van der Waals surface area contributed by atoms with Gasteiger partial charge in [0.1, 0.15) is 0 Å². The van der Waals surface area contributed by atoms with Crippen LogP contribution >= 0.6 is 28.3 Å². The normalized spacial score (nSPS) is 20.3. The zero-order chi connectivity index (χ0) is 13.2. The Labute approximate surface area is 136 Å². The van der Waals surface area contributed by atoms with Crippen molar-refractivity contribution in [1.82, 2.24) is 10.2 Å². The van der Waals surface area contributed by atoms with Gasteiger partial charge in [0.15, 0.2) is 0 Å². The summed E-state index contributed by atoms with van der Waals surface area (Å²) in [4.78, 5) is 2.67. The smallest absolute Gasteiger partial charge is 0.0239 e. The van der Waals surface area contributed by atoms with Crippen LogP contribution in [-0.4, -0.2) is 31.1 Å². The molecule has 112 valence electrons. The number of nitrogens with zero attached hydrogens (tertiary/aromatic N) is 1. The number of aryl methyl sites for hydroxylation is 1. The van der Waals surface area contributed by atoms with Crippen molar-refractivity contribution in [1.29, 1.82) is 0 Å². The van der Waals surface area contributed by atoms with E-state index in [1.807, 2.05) is 0 Å². The number of benzene rings is 1. The molecule has 0 radical (unpaired) electrons. The Bertz CT molecular complexity index is 458. The molecule has 2 aliphatic rings. The Morgan fingerprint density at radius 2 is 2.05 bits per heavy atom. The van der Waals surface area contributed by atoms with Gasteiger partial charge in [0.25, 0.3) is 0 Å². The molecule has 2 nitrogen and oxygen atoms in total. The maximum Gasteiger partial charge on any atom is 0.0239 e. The first-order valence-corrected chi connectivity index (χ1v) is 8.22. The Kier molecular flexibility index (Phi) is 5.91. The topological polar surface area (TPSA) is 15.3 Å². The molecule has 0 atom stereocenters. The van der Waals surface area contributed by atoms with Crippen LogP contribution in [0.4, 0.5) is 0 Å². The molecule has 1 N–H and O–H groups in total. The molecule has 3 rings (SSSR count). The van der Waals surface area contributed by atoms with Crippen molar-refractivity contribution < 1.29 is 0 Å². The summed E-state index contributed by atoms with van der Waals surface area (Å²) in [6.07, 6.45) is 3.91. The average molecular weight is 360 g/mol. The second-order valence-corrected chi connectivity index (χ2v) is 6.95. The number of fused-ring (bicyclic) bond motifs is 1. The number of hydrogen-bond donors (Lipinski definition) is 1. The lowest BCUT2D eigenvalue weighted by molar-refractivity contribution is 0.191. The van der Waals surface area contributed by atoms with Crippen LogP contribution in [0.15, 0.2) is 16.6 Å². The van der Waals surface area contributed by atoms with E-state index in [2.05, 4.69) is 45.2 Å². The van der Waals surface area contributed by atoms with Crippen molar-refractivity contribution in [2.45, 2.75) is 32.7 Å². The molecule has 0 spiro atoms. The van der Waals surface area contributed by atoms with Crippen molar-refractivity contribution >= 4 is 28.3 Å². The summed E-state index contributed by atoms with van der Waals surface area (Å²) in [5.41, 5.74) is 4.57. The molecule has 0 amide bonds. The van der Waals surface area contributed by atoms with E-state index in [0.29, 0.717) is 0 Å². The van der Waals surface area contributed by atoms with E-state index in [1.165, 1.54) is 55.5 Å². The van der Waals surface area contributed by atoms with Crippen LogP contribution < -0.4 is 5.32 Å². The van der Waals surface area contributed by atoms with Crippen LogP contribution in [0.1, 0.15) is 29.5 Å². The first-order chi connectivity index (χ1) is 9.22. The van der Waals surface area contributed by atoms with E-state index in [-0.39, 0.29) is 12.4 Å². The molecule has 1 aromatic carbocycles. The number of halogens is 2. The van der Waals surface area contributed by atoms with Gasteiger partial charge in [-0.1, -0.05) is 15.9 Å². The zero-order valence-electron chi connectivity index (χ0n) is 12.1. The SMILES string of the molecule is Cc1cc(Br)cc2c1CN(CC1CCNCC1)CC2.Cl. The third-order valence-corrected chi connectivity index (χ3v) is 5.04. The van der Waals surface area contributed by atoms with Crippen molar-refractivity contribution in [2.75, 3.05) is 26.2 Å². The Morgan fingerprint density at radius 1 is 1.30 bits per heavy atom. The molecule has 1 fully saturated rings. The van der Waals surface area contributed by atoms with Crippen LogP contribution in [0.2, 0.25) is 0 Å². The van der Waals surface area contributed by atoms with Gasteiger partial charge >= 0.3 is 0 Å². The number of piperidine rings is 1. The molecule has 1 saturated heterocycles. The summed E-state index contributed by atoms with van der Waals surface area (Å²) in [7, 11) is 0. The molecule has 20 heavy (non-hydrogen) atoms. The molecular formula is C16H24BrClN2. The largest absolute Gasteiger partial charge is 0.317 e. The van der Waals surface area contributed by atoms with Gasteiger partial charge in [-0.05, 0) is 74.0 Å². The summed E-state index contributed by atoms with van der Waals surface area (Å²) in [6, 6.07) is 4.57. The van der Waals surface area contributed by atoms with Gasteiger partial charge in [0.2, 0.25) is 0 Å². The number of nitrogens with one attached hydrogen (secondary N) is 1. The first kappa shape index (κ1) is 16.3. The molecule has 0 saturated carbocycles. The highest BCUT2D eigenvalue weighted by Gasteiger charge is 2.22.